The third-order valence-corrected chi connectivity index (χ3v) is 2.79. The number of hydrogen-bond acceptors (Lipinski definition) is 2. The van der Waals surface area contributed by atoms with Gasteiger partial charge in [0.1, 0.15) is 0 Å². The number of ether oxygens (including phenoxy) is 1. The van der Waals surface area contributed by atoms with Gasteiger partial charge in [-0.25, -0.2) is 0 Å². The maximum absolute atomic E-state index is 5.34. The maximum Gasteiger partial charge on any atom is 0.0594 e. The van der Waals surface area contributed by atoms with Crippen LogP contribution in [0.5, 0.6) is 0 Å². The fourth-order valence-corrected chi connectivity index (χ4v) is 2.18. The van der Waals surface area contributed by atoms with E-state index >= 15 is 0 Å². The number of rotatable bonds is 2. The van der Waals surface area contributed by atoms with Crippen LogP contribution in [0.4, 0.5) is 0 Å². The van der Waals surface area contributed by atoms with E-state index in [1.807, 2.05) is 0 Å². The van der Waals surface area contributed by atoms with Crippen LogP contribution in [0.15, 0.2) is 18.2 Å². The van der Waals surface area contributed by atoms with Gasteiger partial charge in [0.15, 0.2) is 0 Å². The molecule has 2 nitrogen and oxygen atoms in total. The topological polar surface area (TPSA) is 12.5 Å². The van der Waals surface area contributed by atoms with Crippen LogP contribution < -0.4 is 0 Å². The molecule has 1 aromatic rings. The van der Waals surface area contributed by atoms with E-state index in [1.54, 1.807) is 0 Å². The Hall–Kier alpha value is -0.860. The molecule has 0 spiro atoms. The van der Waals surface area contributed by atoms with Gasteiger partial charge in [0, 0.05) is 19.6 Å². The van der Waals surface area contributed by atoms with Crippen molar-refractivity contribution in [2.45, 2.75) is 20.4 Å². The van der Waals surface area contributed by atoms with Crippen LogP contribution in [0.3, 0.4) is 0 Å². The zero-order chi connectivity index (χ0) is 10.7. The molecule has 0 atom stereocenters. The van der Waals surface area contributed by atoms with Gasteiger partial charge in [0.2, 0.25) is 0 Å². The highest BCUT2D eigenvalue weighted by molar-refractivity contribution is 5.28. The first kappa shape index (κ1) is 10.7. The van der Waals surface area contributed by atoms with Gasteiger partial charge in [0.05, 0.1) is 13.2 Å². The van der Waals surface area contributed by atoms with E-state index in [-0.39, 0.29) is 0 Å². The molecular weight excluding hydrogens is 186 g/mol. The summed E-state index contributed by atoms with van der Waals surface area (Å²) in [5.41, 5.74) is 4.14. The average Bonchev–Trinajstić information content (AvgIpc) is 2.17. The molecule has 0 N–H and O–H groups in total. The van der Waals surface area contributed by atoms with E-state index in [2.05, 4.69) is 36.9 Å². The van der Waals surface area contributed by atoms with Crippen molar-refractivity contribution in [1.82, 2.24) is 4.90 Å². The van der Waals surface area contributed by atoms with Crippen LogP contribution in [0.1, 0.15) is 16.7 Å². The number of benzene rings is 1. The minimum absolute atomic E-state index is 0.880. The summed E-state index contributed by atoms with van der Waals surface area (Å²) >= 11 is 0. The van der Waals surface area contributed by atoms with Crippen molar-refractivity contribution in [3.8, 4) is 0 Å². The SMILES string of the molecule is Cc1cc(C)cc(CN2CCOCC2)c1. The van der Waals surface area contributed by atoms with Crippen molar-refractivity contribution < 1.29 is 4.74 Å². The molecule has 15 heavy (non-hydrogen) atoms. The van der Waals surface area contributed by atoms with Gasteiger partial charge in [-0.2, -0.15) is 0 Å². The normalized spacial score (nSPS) is 18.0. The number of nitrogens with zero attached hydrogens (tertiary/aromatic N) is 1. The summed E-state index contributed by atoms with van der Waals surface area (Å²) in [6.45, 7) is 9.27. The lowest BCUT2D eigenvalue weighted by Gasteiger charge is -2.26. The minimum atomic E-state index is 0.880. The average molecular weight is 205 g/mol. The van der Waals surface area contributed by atoms with Gasteiger partial charge in [0.25, 0.3) is 0 Å². The summed E-state index contributed by atoms with van der Waals surface area (Å²) in [4.78, 5) is 2.46. The Bertz CT molecular complexity index is 309. The van der Waals surface area contributed by atoms with Crippen molar-refractivity contribution >= 4 is 0 Å². The summed E-state index contributed by atoms with van der Waals surface area (Å²) in [5, 5.41) is 0. The van der Waals surface area contributed by atoms with E-state index < -0.39 is 0 Å². The second kappa shape index (κ2) is 4.77. The Labute approximate surface area is 91.9 Å². The summed E-state index contributed by atoms with van der Waals surface area (Å²) in [6.07, 6.45) is 0. The molecule has 1 fully saturated rings. The smallest absolute Gasteiger partial charge is 0.0594 e. The van der Waals surface area contributed by atoms with Gasteiger partial charge < -0.3 is 4.74 Å². The quantitative estimate of drug-likeness (QED) is 0.733. The molecule has 0 aromatic heterocycles. The molecule has 0 saturated carbocycles. The molecular formula is C13H19NO. The molecule has 0 aliphatic carbocycles. The van der Waals surface area contributed by atoms with E-state index in [1.165, 1.54) is 16.7 Å². The highest BCUT2D eigenvalue weighted by atomic mass is 16.5. The maximum atomic E-state index is 5.34. The molecule has 2 rings (SSSR count). The van der Waals surface area contributed by atoms with E-state index in [0.717, 1.165) is 32.8 Å². The van der Waals surface area contributed by atoms with E-state index in [9.17, 15) is 0 Å². The fourth-order valence-electron chi connectivity index (χ4n) is 2.18. The molecule has 1 aliphatic heterocycles. The first-order valence-electron chi connectivity index (χ1n) is 5.61. The molecule has 0 bridgehead atoms. The minimum Gasteiger partial charge on any atom is -0.379 e. The fraction of sp³-hybridized carbons (Fsp3) is 0.538. The van der Waals surface area contributed by atoms with Crippen LogP contribution in [0, 0.1) is 13.8 Å². The molecule has 1 aliphatic rings. The molecule has 0 radical (unpaired) electrons. The summed E-state index contributed by atoms with van der Waals surface area (Å²) < 4.78 is 5.34. The van der Waals surface area contributed by atoms with Gasteiger partial charge >= 0.3 is 0 Å². The standard InChI is InChI=1S/C13H19NO/c1-11-7-12(2)9-13(8-11)10-14-3-5-15-6-4-14/h7-9H,3-6,10H2,1-2H3. The second-order valence-electron chi connectivity index (χ2n) is 4.38. The molecule has 82 valence electrons. The largest absolute Gasteiger partial charge is 0.379 e. The van der Waals surface area contributed by atoms with Gasteiger partial charge in [-0.3, -0.25) is 4.90 Å². The van der Waals surface area contributed by atoms with E-state index in [4.69, 9.17) is 4.74 Å². The summed E-state index contributed by atoms with van der Waals surface area (Å²) in [6, 6.07) is 6.79. The number of hydrogen-bond donors (Lipinski definition) is 0. The zero-order valence-electron chi connectivity index (χ0n) is 9.62. The highest BCUT2D eigenvalue weighted by Gasteiger charge is 2.10. The summed E-state index contributed by atoms with van der Waals surface area (Å²) in [7, 11) is 0. The van der Waals surface area contributed by atoms with Crippen molar-refractivity contribution in [3.05, 3.63) is 34.9 Å². The zero-order valence-corrected chi connectivity index (χ0v) is 9.62. The summed E-state index contributed by atoms with van der Waals surface area (Å²) in [5.74, 6) is 0. The van der Waals surface area contributed by atoms with Gasteiger partial charge in [-0.05, 0) is 19.4 Å². The van der Waals surface area contributed by atoms with Crippen molar-refractivity contribution in [2.75, 3.05) is 26.3 Å². The molecule has 0 unspecified atom stereocenters. The third-order valence-electron chi connectivity index (χ3n) is 2.79. The Balaban J connectivity index is 2.02. The van der Waals surface area contributed by atoms with Crippen molar-refractivity contribution in [3.63, 3.8) is 0 Å². The monoisotopic (exact) mass is 205 g/mol. The van der Waals surface area contributed by atoms with E-state index in [0.29, 0.717) is 0 Å². The Morgan fingerprint density at radius 2 is 1.67 bits per heavy atom. The van der Waals surface area contributed by atoms with Gasteiger partial charge in [-0.15, -0.1) is 0 Å². The molecule has 1 saturated heterocycles. The van der Waals surface area contributed by atoms with Crippen molar-refractivity contribution in [1.29, 1.82) is 0 Å². The van der Waals surface area contributed by atoms with Crippen LogP contribution in [0.2, 0.25) is 0 Å². The Morgan fingerprint density at radius 3 is 2.27 bits per heavy atom. The first-order chi connectivity index (χ1) is 7.24. The van der Waals surface area contributed by atoms with Crippen LogP contribution in [-0.2, 0) is 11.3 Å². The molecule has 1 heterocycles. The molecule has 0 amide bonds. The van der Waals surface area contributed by atoms with Crippen LogP contribution in [0.25, 0.3) is 0 Å². The second-order valence-corrected chi connectivity index (χ2v) is 4.38. The van der Waals surface area contributed by atoms with Crippen molar-refractivity contribution in [2.24, 2.45) is 0 Å². The Kier molecular flexibility index (Phi) is 3.39. The lowest BCUT2D eigenvalue weighted by Crippen LogP contribution is -2.35. The van der Waals surface area contributed by atoms with Crippen LogP contribution in [-0.4, -0.2) is 31.2 Å². The van der Waals surface area contributed by atoms with Gasteiger partial charge in [-0.1, -0.05) is 29.3 Å². The Morgan fingerprint density at radius 1 is 1.07 bits per heavy atom. The number of aryl methyl sites for hydroxylation is 2. The molecule has 2 heteroatoms. The van der Waals surface area contributed by atoms with Crippen LogP contribution >= 0.6 is 0 Å². The lowest BCUT2D eigenvalue weighted by molar-refractivity contribution is 0.0342. The highest BCUT2D eigenvalue weighted by Crippen LogP contribution is 2.12. The first-order valence-corrected chi connectivity index (χ1v) is 5.61. The number of morpholine rings is 1. The lowest BCUT2D eigenvalue weighted by atomic mass is 10.1. The predicted octanol–water partition coefficient (Wildman–Crippen LogP) is 2.14. The third kappa shape index (κ3) is 3.05. The molecule has 1 aromatic carbocycles. The predicted molar refractivity (Wildman–Crippen MR) is 62.0 cm³/mol.